The Labute approximate surface area is 280 Å². The maximum Gasteiger partial charge on any atom is 0.288 e. The minimum absolute atomic E-state index is 0.0291. The number of aliphatic hydroxyl groups is 2. The number of nitrogens with one attached hydrogen (secondary N) is 5. The Kier molecular flexibility index (Phi) is 10.8. The summed E-state index contributed by atoms with van der Waals surface area (Å²) in [6.45, 7) is 6.57. The molecule has 6 atom stereocenters. The fourth-order valence-corrected chi connectivity index (χ4v) is 5.61. The van der Waals surface area contributed by atoms with E-state index in [-0.39, 0.29) is 41.1 Å². The van der Waals surface area contributed by atoms with E-state index in [0.717, 1.165) is 0 Å². The summed E-state index contributed by atoms with van der Waals surface area (Å²) in [6.07, 6.45) is -1.85. The first-order valence-corrected chi connectivity index (χ1v) is 15.4. The molecule has 2 aromatic rings. The highest BCUT2D eigenvalue weighted by atomic mass is 16.4. The number of para-hydroxylation sites is 1. The lowest BCUT2D eigenvalue weighted by Gasteiger charge is -2.33. The number of aliphatic hydroxyl groups excluding tert-OH is 1. The zero-order valence-corrected chi connectivity index (χ0v) is 26.7. The van der Waals surface area contributed by atoms with Crippen LogP contribution in [0.1, 0.15) is 37.8 Å². The lowest BCUT2D eigenvalue weighted by atomic mass is 9.83. The molecule has 0 spiro atoms. The van der Waals surface area contributed by atoms with Crippen LogP contribution in [-0.2, 0) is 45.6 Å². The van der Waals surface area contributed by atoms with Gasteiger partial charge in [0.15, 0.2) is 5.60 Å². The number of carbonyl (C=O) groups excluding carboxylic acids is 7. The highest BCUT2D eigenvalue weighted by Gasteiger charge is 2.56. The molecule has 0 saturated carbocycles. The van der Waals surface area contributed by atoms with E-state index in [2.05, 4.69) is 33.2 Å². The summed E-state index contributed by atoms with van der Waals surface area (Å²) in [5.41, 5.74) is 2.94. The molecule has 0 aromatic heterocycles. The number of phenols is 1. The van der Waals surface area contributed by atoms with E-state index in [0.29, 0.717) is 12.0 Å². The molecular weight excluding hydrogens is 640 g/mol. The molecule has 6 bridgehead atoms. The second-order valence-corrected chi connectivity index (χ2v) is 11.9. The van der Waals surface area contributed by atoms with Crippen molar-refractivity contribution < 1.29 is 48.9 Å². The van der Waals surface area contributed by atoms with Crippen LogP contribution in [0, 0.1) is 5.92 Å². The topological polar surface area (TPSA) is 266 Å². The number of amides is 6. The van der Waals surface area contributed by atoms with Gasteiger partial charge >= 0.3 is 0 Å². The number of phenolic OH excluding ortho intramolecular Hbond substituents is 1. The number of fused-ring (bicyclic) bond motifs is 3. The van der Waals surface area contributed by atoms with Crippen LogP contribution in [-0.4, -0.2) is 87.3 Å². The maximum atomic E-state index is 13.7. The number of rotatable bonds is 9. The standard InChI is InChI=1S/C33H38N6O10/c1-4-11-35-30(46)25-27(43)33(49)19-8-6-7-17(24(19)39-32(33)48)18-12-16(9-10-22(18)40)13-20(37-31(47)26(42)15(3)5-2)28(44)36-21(14-23(34)41)29(45)38-25/h4,6-10,12,15,20-21,25,27,40,43,49H,1,5,11,13-14H2,2-3H3,(H2,34,41)(H,35,46)(H,36,44)(H,37,47)(H,38,45)(H,39,48)/t15?,20-,21-,25-,27+,33+/m0/s1. The molecule has 0 aliphatic carbocycles. The minimum atomic E-state index is -2.83. The molecule has 1 unspecified atom stereocenters. The molecule has 2 aromatic carbocycles. The van der Waals surface area contributed by atoms with Crippen LogP contribution in [0.2, 0.25) is 0 Å². The smallest absolute Gasteiger partial charge is 0.288 e. The van der Waals surface area contributed by atoms with E-state index in [4.69, 9.17) is 5.73 Å². The largest absolute Gasteiger partial charge is 0.507 e. The summed E-state index contributed by atoms with van der Waals surface area (Å²) in [6, 6.07) is 3.01. The Bertz CT molecular complexity index is 1730. The van der Waals surface area contributed by atoms with Crippen LogP contribution in [0.5, 0.6) is 5.75 Å². The van der Waals surface area contributed by atoms with Crippen molar-refractivity contribution in [2.24, 2.45) is 11.7 Å². The molecule has 16 heteroatoms. The number of primary amides is 1. The van der Waals surface area contributed by atoms with Gasteiger partial charge in [-0.15, -0.1) is 6.58 Å². The zero-order valence-electron chi connectivity index (χ0n) is 26.7. The zero-order chi connectivity index (χ0) is 36.2. The highest BCUT2D eigenvalue weighted by molar-refractivity contribution is 6.37. The third kappa shape index (κ3) is 7.29. The summed E-state index contributed by atoms with van der Waals surface area (Å²) < 4.78 is 0. The highest BCUT2D eigenvalue weighted by Crippen LogP contribution is 2.46. The molecule has 4 rings (SSSR count). The van der Waals surface area contributed by atoms with Crippen molar-refractivity contribution in [1.29, 1.82) is 0 Å². The lowest BCUT2D eigenvalue weighted by Crippen LogP contribution is -2.64. The van der Waals surface area contributed by atoms with Gasteiger partial charge in [-0.3, -0.25) is 33.6 Å². The van der Waals surface area contributed by atoms with E-state index in [1.54, 1.807) is 6.92 Å². The van der Waals surface area contributed by atoms with Gasteiger partial charge in [-0.25, -0.2) is 0 Å². The molecule has 0 saturated heterocycles. The summed E-state index contributed by atoms with van der Waals surface area (Å²) in [7, 11) is 0. The Morgan fingerprint density at radius 2 is 1.82 bits per heavy atom. The molecule has 16 nitrogen and oxygen atoms in total. The minimum Gasteiger partial charge on any atom is -0.507 e. The van der Waals surface area contributed by atoms with Crippen LogP contribution < -0.4 is 32.3 Å². The second kappa shape index (κ2) is 14.7. The van der Waals surface area contributed by atoms with Gasteiger partial charge in [-0.2, -0.15) is 0 Å². The number of hydrogen-bond acceptors (Lipinski definition) is 10. The molecular formula is C33H38N6O10. The third-order valence-electron chi connectivity index (χ3n) is 8.54. The van der Waals surface area contributed by atoms with E-state index in [9.17, 15) is 48.9 Å². The number of aromatic hydroxyl groups is 1. The lowest BCUT2D eigenvalue weighted by molar-refractivity contribution is -0.155. The Morgan fingerprint density at radius 3 is 2.47 bits per heavy atom. The second-order valence-electron chi connectivity index (χ2n) is 11.9. The first-order chi connectivity index (χ1) is 23.1. The van der Waals surface area contributed by atoms with Crippen LogP contribution >= 0.6 is 0 Å². The van der Waals surface area contributed by atoms with E-state index in [1.165, 1.54) is 49.4 Å². The van der Waals surface area contributed by atoms with E-state index in [1.807, 2.05) is 0 Å². The van der Waals surface area contributed by atoms with Crippen molar-refractivity contribution in [3.05, 3.63) is 60.2 Å². The van der Waals surface area contributed by atoms with Gasteiger partial charge in [0.25, 0.3) is 11.8 Å². The van der Waals surface area contributed by atoms with Crippen LogP contribution in [0.25, 0.3) is 11.1 Å². The SMILES string of the molecule is C=CCNC(=O)[C@H]1NC(=O)[C@H](CC(N)=O)NC(=O)[C@@H](NC(=O)C(=O)C(C)CC)Cc2ccc(O)c(c2)-c2cccc3c2NC(=O)[C@]3(O)[C@@H]1O. The van der Waals surface area contributed by atoms with Crippen molar-refractivity contribution in [1.82, 2.24) is 21.3 Å². The molecule has 260 valence electrons. The van der Waals surface area contributed by atoms with Gasteiger partial charge in [0.2, 0.25) is 29.4 Å². The molecule has 0 radical (unpaired) electrons. The summed E-state index contributed by atoms with van der Waals surface area (Å²) in [5.74, 6) is -8.38. The number of anilines is 1. The third-order valence-corrected chi connectivity index (χ3v) is 8.54. The van der Waals surface area contributed by atoms with Gasteiger partial charge < -0.3 is 47.6 Å². The Hall–Kier alpha value is -5.61. The number of nitrogens with two attached hydrogens (primary N) is 1. The number of ketones is 1. The van der Waals surface area contributed by atoms with Crippen LogP contribution in [0.15, 0.2) is 49.1 Å². The van der Waals surface area contributed by atoms with Crippen molar-refractivity contribution in [3.8, 4) is 16.9 Å². The molecule has 0 fully saturated rings. The first-order valence-electron chi connectivity index (χ1n) is 15.4. The average molecular weight is 679 g/mol. The van der Waals surface area contributed by atoms with Gasteiger partial charge in [0.1, 0.15) is 30.0 Å². The maximum absolute atomic E-state index is 13.7. The van der Waals surface area contributed by atoms with Crippen molar-refractivity contribution in [2.45, 2.75) is 62.9 Å². The van der Waals surface area contributed by atoms with Gasteiger partial charge in [0.05, 0.1) is 12.1 Å². The number of Topliss-reactive ketones (excluding diaryl/α,β-unsaturated/α-hetero) is 1. The number of benzene rings is 2. The van der Waals surface area contributed by atoms with E-state index < -0.39 is 83.4 Å². The number of hydrogen-bond donors (Lipinski definition) is 9. The molecule has 2 aliphatic heterocycles. The normalized spacial score (nSPS) is 24.0. The van der Waals surface area contributed by atoms with Gasteiger partial charge in [-0.05, 0) is 24.1 Å². The first kappa shape index (κ1) is 36.2. The monoisotopic (exact) mass is 678 g/mol. The average Bonchev–Trinajstić information content (AvgIpc) is 3.34. The fraction of sp³-hybridized carbons (Fsp3) is 0.364. The summed E-state index contributed by atoms with van der Waals surface area (Å²) >= 11 is 0. The molecule has 10 N–H and O–H groups in total. The summed E-state index contributed by atoms with van der Waals surface area (Å²) in [4.78, 5) is 91.8. The predicted octanol–water partition coefficient (Wildman–Crippen LogP) is -1.64. The Morgan fingerprint density at radius 1 is 1.10 bits per heavy atom. The van der Waals surface area contributed by atoms with Crippen molar-refractivity contribution in [2.75, 3.05) is 11.9 Å². The molecule has 49 heavy (non-hydrogen) atoms. The van der Waals surface area contributed by atoms with Gasteiger partial charge in [-0.1, -0.05) is 44.2 Å². The van der Waals surface area contributed by atoms with Crippen LogP contribution in [0.3, 0.4) is 0 Å². The Balaban J connectivity index is 1.93. The molecule has 2 aliphatic rings. The predicted molar refractivity (Wildman–Crippen MR) is 173 cm³/mol. The fourth-order valence-electron chi connectivity index (χ4n) is 5.61. The quantitative estimate of drug-likeness (QED) is 0.108. The van der Waals surface area contributed by atoms with Crippen molar-refractivity contribution >= 4 is 46.9 Å². The molecule has 6 amide bonds. The van der Waals surface area contributed by atoms with E-state index >= 15 is 0 Å². The van der Waals surface area contributed by atoms with Gasteiger partial charge in [0, 0.05) is 35.6 Å². The number of carbonyl (C=O) groups is 7. The molecule has 2 heterocycles. The van der Waals surface area contributed by atoms with Crippen LogP contribution in [0.4, 0.5) is 5.69 Å². The summed E-state index contributed by atoms with van der Waals surface area (Å²) in [5, 5.41) is 46.0. The van der Waals surface area contributed by atoms with Crippen molar-refractivity contribution in [3.63, 3.8) is 0 Å².